The first-order chi connectivity index (χ1) is 30.0. The first-order valence-corrected chi connectivity index (χ1v) is 24.0. The van der Waals surface area contributed by atoms with E-state index in [0.717, 1.165) is 37.6 Å². The molecule has 13 nitrogen and oxygen atoms in total. The van der Waals surface area contributed by atoms with Crippen molar-refractivity contribution in [2.24, 2.45) is 34.5 Å². The van der Waals surface area contributed by atoms with Crippen molar-refractivity contribution in [3.8, 4) is 22.9 Å². The van der Waals surface area contributed by atoms with Crippen LogP contribution in [-0.4, -0.2) is 106 Å². The monoisotopic (exact) mass is 903 g/mol. The Morgan fingerprint density at radius 1 is 1.03 bits per heavy atom. The lowest BCUT2D eigenvalue weighted by atomic mass is 9.77. The molecule has 1 amide bonds. The number of esters is 1. The second-order valence-corrected chi connectivity index (χ2v) is 21.2. The molecular formula is C48H62ClN5O8S. The number of carbonyl (C=O) groups is 4. The number of thiazole rings is 1. The van der Waals surface area contributed by atoms with Crippen molar-refractivity contribution >= 4 is 62.6 Å². The van der Waals surface area contributed by atoms with Gasteiger partial charge in [0.25, 0.3) is 0 Å². The summed E-state index contributed by atoms with van der Waals surface area (Å²) in [5.41, 5.74) is -0.324. The molecule has 3 aliphatic carbocycles. The number of ether oxygens (including phenoxy) is 3. The molecule has 5 fully saturated rings. The molecule has 2 saturated heterocycles. The summed E-state index contributed by atoms with van der Waals surface area (Å²) in [5.74, 6) is -1.13. The van der Waals surface area contributed by atoms with Gasteiger partial charge in [-0.05, 0) is 101 Å². The fourth-order valence-electron chi connectivity index (χ4n) is 10.0. The van der Waals surface area contributed by atoms with Crippen LogP contribution in [0.2, 0.25) is 5.02 Å². The number of piperidine rings is 1. The van der Waals surface area contributed by atoms with E-state index >= 15 is 0 Å². The van der Waals surface area contributed by atoms with Gasteiger partial charge in [-0.15, -0.1) is 17.9 Å². The summed E-state index contributed by atoms with van der Waals surface area (Å²) in [5, 5.41) is 17.2. The van der Waals surface area contributed by atoms with Crippen molar-refractivity contribution in [1.29, 1.82) is 0 Å². The van der Waals surface area contributed by atoms with Crippen LogP contribution in [0.3, 0.4) is 0 Å². The molecule has 15 heteroatoms. The van der Waals surface area contributed by atoms with E-state index in [1.54, 1.807) is 6.08 Å². The van der Waals surface area contributed by atoms with Crippen molar-refractivity contribution in [3.63, 3.8) is 0 Å². The number of benzene rings is 1. The molecule has 8 rings (SSSR count). The maximum Gasteiger partial charge on any atom is 0.310 e. The van der Waals surface area contributed by atoms with Gasteiger partial charge in [0.1, 0.15) is 41.0 Å². The summed E-state index contributed by atoms with van der Waals surface area (Å²) < 4.78 is 19.0. The van der Waals surface area contributed by atoms with Crippen LogP contribution in [0, 0.1) is 34.5 Å². The molecule has 5 aliphatic rings. The molecule has 2 N–H and O–H groups in total. The zero-order valence-electron chi connectivity index (χ0n) is 37.2. The van der Waals surface area contributed by atoms with E-state index in [0.29, 0.717) is 63.7 Å². The molecule has 340 valence electrons. The van der Waals surface area contributed by atoms with Crippen LogP contribution >= 0.6 is 22.9 Å². The smallest absolute Gasteiger partial charge is 0.310 e. The number of hydrogen-bond donors (Lipinski definition) is 2. The number of hydrogen-bond acceptors (Lipinski definition) is 12. The quantitative estimate of drug-likeness (QED) is 0.0925. The number of carboxylic acids is 1. The molecule has 2 aromatic heterocycles. The van der Waals surface area contributed by atoms with Crippen molar-refractivity contribution in [2.45, 2.75) is 123 Å². The summed E-state index contributed by atoms with van der Waals surface area (Å²) in [6.45, 7) is 17.0. The Morgan fingerprint density at radius 2 is 1.78 bits per heavy atom. The van der Waals surface area contributed by atoms with Gasteiger partial charge in [-0.1, -0.05) is 44.9 Å². The lowest BCUT2D eigenvalue weighted by Gasteiger charge is -2.35. The first-order valence-electron chi connectivity index (χ1n) is 22.8. The van der Waals surface area contributed by atoms with Crippen LogP contribution in [0.25, 0.3) is 22.3 Å². The largest absolute Gasteiger partial charge is 0.491 e. The number of anilines is 1. The molecule has 2 unspecified atom stereocenters. The van der Waals surface area contributed by atoms with E-state index in [1.165, 1.54) is 41.9 Å². The van der Waals surface area contributed by atoms with Crippen molar-refractivity contribution < 1.29 is 38.5 Å². The number of amides is 1. The standard InChI is InChI=1S/C48H62ClN5O8S/c1-7-30-23-48(30,45(58)59)24-38(55)37-20-32(25-54(37)44(57)34(47(4,5)6)21-41(56)62-31-18-28-17-29(28)19-31)61-40-22-35(36-26-63-46(52-36)50-27(2)3)51-43-33(40)11-12-39(42(43)49)60-16-15-53-13-9-8-10-14-53/h7,11-12,22,26-32,34,37H,1,8-10,13-21,23-25H2,2-6H3,(H,50,52)(H,58,59)/t28-,29+,30-,31?,32-,34-,37+,48?/m1/s1. The molecule has 0 bridgehead atoms. The Bertz CT molecular complexity index is 2230. The lowest BCUT2D eigenvalue weighted by Crippen LogP contribution is -2.48. The number of likely N-dealkylation sites (tertiary alicyclic amines) is 2. The minimum Gasteiger partial charge on any atom is -0.491 e. The highest BCUT2D eigenvalue weighted by Crippen LogP contribution is 2.57. The number of Topliss-reactive ketones (excluding diaryl/α,β-unsaturated/α-hetero) is 1. The molecule has 63 heavy (non-hydrogen) atoms. The maximum atomic E-state index is 14.9. The Morgan fingerprint density at radius 3 is 2.44 bits per heavy atom. The number of aromatic nitrogens is 2. The summed E-state index contributed by atoms with van der Waals surface area (Å²) in [6, 6.07) is 4.68. The zero-order valence-corrected chi connectivity index (χ0v) is 38.8. The SMILES string of the molecule is C=C[C@@H]1CC1(CC(=O)[C@@H]1C[C@@H](Oc2cc(-c3csc(NC(C)C)n3)nc3c(Cl)c(OCCN4CCCCC4)ccc23)CN1C(=O)[C@@H](CC(=O)OC1C[C@@H]2C[C@@H]2C1)C(C)(C)C)C(=O)O. The molecule has 1 aromatic carbocycles. The first kappa shape index (κ1) is 45.3. The van der Waals surface area contributed by atoms with E-state index in [2.05, 4.69) is 16.8 Å². The number of rotatable bonds is 18. The highest BCUT2D eigenvalue weighted by molar-refractivity contribution is 7.14. The summed E-state index contributed by atoms with van der Waals surface area (Å²) >= 11 is 8.60. The van der Waals surface area contributed by atoms with Crippen LogP contribution in [0.1, 0.15) is 98.8 Å². The number of halogens is 1. The normalized spacial score (nSPS) is 27.2. The van der Waals surface area contributed by atoms with Crippen LogP contribution in [-0.2, 0) is 23.9 Å². The Balaban J connectivity index is 1.09. The number of allylic oxidation sites excluding steroid dienone is 1. The van der Waals surface area contributed by atoms with Gasteiger partial charge in [-0.25, -0.2) is 9.97 Å². The van der Waals surface area contributed by atoms with Gasteiger partial charge in [0.15, 0.2) is 10.9 Å². The van der Waals surface area contributed by atoms with Gasteiger partial charge in [0.05, 0.1) is 41.6 Å². The molecule has 3 aromatic rings. The van der Waals surface area contributed by atoms with Crippen molar-refractivity contribution in [3.05, 3.63) is 41.3 Å². The third-order valence-electron chi connectivity index (χ3n) is 13.9. The maximum absolute atomic E-state index is 14.9. The number of aliphatic carboxylic acids is 1. The Hall–Kier alpha value is -4.27. The summed E-state index contributed by atoms with van der Waals surface area (Å²) in [7, 11) is 0. The van der Waals surface area contributed by atoms with Crippen LogP contribution in [0.4, 0.5) is 5.13 Å². The van der Waals surface area contributed by atoms with Crippen LogP contribution in [0.5, 0.6) is 11.5 Å². The second-order valence-electron chi connectivity index (χ2n) is 20.0. The number of fused-ring (bicyclic) bond motifs is 2. The van der Waals surface area contributed by atoms with Gasteiger partial charge in [0, 0.05) is 42.3 Å². The topological polar surface area (TPSA) is 160 Å². The number of carboxylic acid groups (broad SMARTS) is 1. The van der Waals surface area contributed by atoms with Gasteiger partial charge in [-0.2, -0.15) is 0 Å². The van der Waals surface area contributed by atoms with Crippen molar-refractivity contribution in [2.75, 3.05) is 38.1 Å². The lowest BCUT2D eigenvalue weighted by molar-refractivity contribution is -0.157. The summed E-state index contributed by atoms with van der Waals surface area (Å²) in [4.78, 5) is 69.1. The van der Waals surface area contributed by atoms with Gasteiger partial charge < -0.3 is 29.5 Å². The van der Waals surface area contributed by atoms with E-state index in [9.17, 15) is 24.3 Å². The van der Waals surface area contributed by atoms with Gasteiger partial charge in [0.2, 0.25) is 5.91 Å². The third-order valence-corrected chi connectivity index (χ3v) is 15.0. The van der Waals surface area contributed by atoms with Gasteiger partial charge in [-0.3, -0.25) is 24.1 Å². The molecule has 3 saturated carbocycles. The van der Waals surface area contributed by atoms with Crippen LogP contribution in [0.15, 0.2) is 36.2 Å². The zero-order chi connectivity index (χ0) is 44.8. The number of pyridine rings is 1. The predicted octanol–water partition coefficient (Wildman–Crippen LogP) is 8.68. The average molecular weight is 905 g/mol. The number of nitrogens with one attached hydrogen (secondary N) is 1. The molecular weight excluding hydrogens is 842 g/mol. The van der Waals surface area contributed by atoms with E-state index < -0.39 is 40.8 Å². The minimum absolute atomic E-state index is 0.0392. The highest BCUT2D eigenvalue weighted by Gasteiger charge is 2.61. The molecule has 8 atom stereocenters. The Kier molecular flexibility index (Phi) is 13.2. The number of nitrogens with zero attached hydrogens (tertiary/aromatic N) is 4. The van der Waals surface area contributed by atoms with E-state index in [4.69, 9.17) is 35.8 Å². The molecule has 4 heterocycles. The van der Waals surface area contributed by atoms with E-state index in [-0.39, 0.29) is 55.6 Å². The molecule has 0 radical (unpaired) electrons. The number of ketones is 1. The highest BCUT2D eigenvalue weighted by atomic mass is 35.5. The average Bonchev–Trinajstić information content (AvgIpc) is 3.91. The molecule has 0 spiro atoms. The fourth-order valence-corrected chi connectivity index (χ4v) is 11.2. The second kappa shape index (κ2) is 18.3. The fraction of sp³-hybridized carbons (Fsp3) is 0.625. The Labute approximate surface area is 379 Å². The summed E-state index contributed by atoms with van der Waals surface area (Å²) in [6.07, 6.45) is 7.38. The third kappa shape index (κ3) is 10.0. The van der Waals surface area contributed by atoms with Crippen molar-refractivity contribution in [1.82, 2.24) is 19.8 Å². The predicted molar refractivity (Wildman–Crippen MR) is 243 cm³/mol. The van der Waals surface area contributed by atoms with Crippen LogP contribution < -0.4 is 14.8 Å². The minimum atomic E-state index is -1.26. The van der Waals surface area contributed by atoms with E-state index in [1.807, 2.05) is 58.2 Å². The number of carbonyl (C=O) groups excluding carboxylic acids is 3. The van der Waals surface area contributed by atoms with Gasteiger partial charge >= 0.3 is 11.9 Å². The molecule has 2 aliphatic heterocycles.